The van der Waals surface area contributed by atoms with E-state index in [1.165, 1.54) is 0 Å². The van der Waals surface area contributed by atoms with Crippen molar-refractivity contribution in [2.75, 3.05) is 5.75 Å². The number of nitrogens with zero attached hydrogens (tertiary/aromatic N) is 2. The van der Waals surface area contributed by atoms with Gasteiger partial charge < -0.3 is 4.52 Å². The summed E-state index contributed by atoms with van der Waals surface area (Å²) in [5.41, 5.74) is 0. The molecule has 3 unspecified atom stereocenters. The number of nitrogens with two attached hydrogens (primary N) is 1. The summed E-state index contributed by atoms with van der Waals surface area (Å²) in [6.45, 7) is 4.66. The highest BCUT2D eigenvalue weighted by molar-refractivity contribution is 8.07. The molecule has 16 heavy (non-hydrogen) atoms. The summed E-state index contributed by atoms with van der Waals surface area (Å²) >= 11 is 3.85. The van der Waals surface area contributed by atoms with Crippen molar-refractivity contribution in [3.05, 3.63) is 11.7 Å². The van der Waals surface area contributed by atoms with Crippen LogP contribution in [0.5, 0.6) is 0 Å². The van der Waals surface area contributed by atoms with Gasteiger partial charge >= 0.3 is 0 Å². The van der Waals surface area contributed by atoms with Gasteiger partial charge in [0, 0.05) is 16.3 Å². The third kappa shape index (κ3) is 2.71. The van der Waals surface area contributed by atoms with E-state index >= 15 is 0 Å². The van der Waals surface area contributed by atoms with Crippen LogP contribution < -0.4 is 5.90 Å². The zero-order valence-electron chi connectivity index (χ0n) is 9.25. The largest absolute Gasteiger partial charge is 0.337 e. The van der Waals surface area contributed by atoms with E-state index in [2.05, 4.69) is 28.8 Å². The quantitative estimate of drug-likeness (QED) is 0.831. The molecule has 0 aliphatic carbocycles. The Morgan fingerprint density at radius 3 is 3.00 bits per heavy atom. The van der Waals surface area contributed by atoms with Gasteiger partial charge in [-0.25, -0.2) is 5.90 Å². The van der Waals surface area contributed by atoms with Crippen molar-refractivity contribution >= 4 is 23.5 Å². The maximum Gasteiger partial charge on any atom is 0.254 e. The maximum absolute atomic E-state index is 5.03. The molecule has 0 aromatic carbocycles. The van der Waals surface area contributed by atoms with Gasteiger partial charge in [-0.15, -0.1) is 11.8 Å². The van der Waals surface area contributed by atoms with Crippen LogP contribution in [0.2, 0.25) is 0 Å². The molecule has 0 amide bonds. The molecule has 0 bridgehead atoms. The fourth-order valence-corrected chi connectivity index (χ4v) is 4.28. The predicted molar refractivity (Wildman–Crippen MR) is 65.0 cm³/mol. The first-order valence-electron chi connectivity index (χ1n) is 5.12. The molecule has 0 saturated carbocycles. The summed E-state index contributed by atoms with van der Waals surface area (Å²) in [4.78, 5) is 8.72. The van der Waals surface area contributed by atoms with Crippen LogP contribution in [0.3, 0.4) is 0 Å². The van der Waals surface area contributed by atoms with E-state index in [0.29, 0.717) is 21.6 Å². The van der Waals surface area contributed by atoms with Crippen molar-refractivity contribution in [3.63, 3.8) is 0 Å². The Labute approximate surface area is 103 Å². The lowest BCUT2D eigenvalue weighted by Crippen LogP contribution is -2.22. The highest BCUT2D eigenvalue weighted by Crippen LogP contribution is 2.43. The summed E-state index contributed by atoms with van der Waals surface area (Å²) in [7, 11) is 0. The monoisotopic (exact) mass is 261 g/mol. The van der Waals surface area contributed by atoms with Crippen molar-refractivity contribution in [2.24, 2.45) is 5.90 Å². The smallest absolute Gasteiger partial charge is 0.254 e. The van der Waals surface area contributed by atoms with Crippen molar-refractivity contribution < 1.29 is 9.36 Å². The Hall–Kier alpha value is -0.240. The van der Waals surface area contributed by atoms with Crippen LogP contribution in [0.4, 0.5) is 0 Å². The second-order valence-electron chi connectivity index (χ2n) is 3.73. The van der Waals surface area contributed by atoms with Gasteiger partial charge in [0.25, 0.3) is 5.89 Å². The predicted octanol–water partition coefficient (Wildman–Crippen LogP) is 1.76. The van der Waals surface area contributed by atoms with Gasteiger partial charge in [-0.1, -0.05) is 19.0 Å². The molecular weight excluding hydrogens is 246 g/mol. The van der Waals surface area contributed by atoms with Gasteiger partial charge in [-0.3, -0.25) is 4.84 Å². The first-order valence-corrected chi connectivity index (χ1v) is 7.11. The standard InChI is InChI=1S/C9H15N3O2S2/c1-5-6(2)16-7(4-15-5)9-11-8(3-13-10)14-12-9/h5-7H,3-4,10H2,1-2H3. The summed E-state index contributed by atoms with van der Waals surface area (Å²) in [6, 6.07) is 0. The molecule has 5 nitrogen and oxygen atoms in total. The maximum atomic E-state index is 5.03. The number of hydrogen-bond acceptors (Lipinski definition) is 7. The van der Waals surface area contributed by atoms with E-state index in [0.717, 1.165) is 11.6 Å². The van der Waals surface area contributed by atoms with E-state index in [1.54, 1.807) is 0 Å². The molecule has 2 rings (SSSR count). The topological polar surface area (TPSA) is 74.2 Å². The van der Waals surface area contributed by atoms with Crippen molar-refractivity contribution in [1.82, 2.24) is 10.1 Å². The second-order valence-corrected chi connectivity index (χ2v) is 6.72. The molecule has 3 atom stereocenters. The first kappa shape index (κ1) is 12.2. The van der Waals surface area contributed by atoms with Crippen LogP contribution in [0.25, 0.3) is 0 Å². The summed E-state index contributed by atoms with van der Waals surface area (Å²) in [6.07, 6.45) is 0. The fraction of sp³-hybridized carbons (Fsp3) is 0.778. The summed E-state index contributed by atoms with van der Waals surface area (Å²) < 4.78 is 5.03. The molecule has 0 radical (unpaired) electrons. The van der Waals surface area contributed by atoms with Crippen molar-refractivity contribution in [2.45, 2.75) is 36.2 Å². The van der Waals surface area contributed by atoms with E-state index in [-0.39, 0.29) is 6.61 Å². The third-order valence-corrected chi connectivity index (χ3v) is 5.92. The second kappa shape index (κ2) is 5.39. The van der Waals surface area contributed by atoms with Gasteiger partial charge in [-0.2, -0.15) is 16.7 Å². The SMILES string of the molecule is CC1SCC(c2noc(CON)n2)SC1C. The molecule has 90 valence electrons. The van der Waals surface area contributed by atoms with Crippen LogP contribution in [-0.4, -0.2) is 26.4 Å². The molecule has 2 N–H and O–H groups in total. The molecule has 0 spiro atoms. The van der Waals surface area contributed by atoms with Crippen molar-refractivity contribution in [1.29, 1.82) is 0 Å². The number of rotatable bonds is 3. The Balaban J connectivity index is 2.01. The molecule has 1 aliphatic rings. The van der Waals surface area contributed by atoms with Gasteiger partial charge in [0.05, 0.1) is 5.25 Å². The Bertz CT molecular complexity index is 347. The minimum atomic E-state index is 0.170. The molecule has 1 aromatic rings. The van der Waals surface area contributed by atoms with E-state index in [1.807, 2.05) is 23.5 Å². The molecular formula is C9H15N3O2S2. The molecule has 7 heteroatoms. The summed E-state index contributed by atoms with van der Waals surface area (Å²) in [5, 5.41) is 5.56. The molecule has 1 aliphatic heterocycles. The molecule has 1 fully saturated rings. The molecule has 1 saturated heterocycles. The van der Waals surface area contributed by atoms with E-state index in [9.17, 15) is 0 Å². The fourth-order valence-electron chi connectivity index (χ4n) is 1.45. The van der Waals surface area contributed by atoms with Crippen molar-refractivity contribution in [3.8, 4) is 0 Å². The number of hydrogen-bond donors (Lipinski definition) is 1. The van der Waals surface area contributed by atoms with Gasteiger partial charge in [0.15, 0.2) is 5.82 Å². The van der Waals surface area contributed by atoms with Crippen LogP contribution in [0, 0.1) is 0 Å². The average Bonchev–Trinajstić information content (AvgIpc) is 2.71. The van der Waals surface area contributed by atoms with Crippen LogP contribution >= 0.6 is 23.5 Å². The van der Waals surface area contributed by atoms with E-state index < -0.39 is 0 Å². The third-order valence-electron chi connectivity index (χ3n) is 2.53. The molecule has 1 aromatic heterocycles. The number of aromatic nitrogens is 2. The minimum absolute atomic E-state index is 0.170. The van der Waals surface area contributed by atoms with Gasteiger partial charge in [0.1, 0.15) is 6.61 Å². The number of thioether (sulfide) groups is 2. The van der Waals surface area contributed by atoms with Crippen LogP contribution in [0.15, 0.2) is 4.52 Å². The average molecular weight is 261 g/mol. The lowest BCUT2D eigenvalue weighted by atomic mass is 10.3. The zero-order valence-corrected chi connectivity index (χ0v) is 10.9. The normalized spacial score (nSPS) is 30.6. The Morgan fingerprint density at radius 2 is 2.31 bits per heavy atom. The van der Waals surface area contributed by atoms with E-state index in [4.69, 9.17) is 10.4 Å². The highest BCUT2D eigenvalue weighted by Gasteiger charge is 2.29. The van der Waals surface area contributed by atoms with Gasteiger partial charge in [0.2, 0.25) is 0 Å². The minimum Gasteiger partial charge on any atom is -0.337 e. The van der Waals surface area contributed by atoms with Crippen LogP contribution in [0.1, 0.15) is 30.8 Å². The first-order chi connectivity index (χ1) is 7.70. The zero-order chi connectivity index (χ0) is 11.5. The Morgan fingerprint density at radius 1 is 1.50 bits per heavy atom. The Kier molecular flexibility index (Phi) is 4.12. The highest BCUT2D eigenvalue weighted by atomic mass is 32.2. The molecule has 2 heterocycles. The van der Waals surface area contributed by atoms with Gasteiger partial charge in [-0.05, 0) is 0 Å². The van der Waals surface area contributed by atoms with Crippen LogP contribution in [-0.2, 0) is 11.4 Å². The summed E-state index contributed by atoms with van der Waals surface area (Å²) in [5.74, 6) is 7.17. The lowest BCUT2D eigenvalue weighted by Gasteiger charge is -2.29. The lowest BCUT2D eigenvalue weighted by molar-refractivity contribution is 0.0995.